The molecule has 1 aliphatic rings. The predicted molar refractivity (Wildman–Crippen MR) is 68.2 cm³/mol. The van der Waals surface area contributed by atoms with Gasteiger partial charge in [-0.3, -0.25) is 4.90 Å². The van der Waals surface area contributed by atoms with E-state index in [2.05, 4.69) is 51.2 Å². The summed E-state index contributed by atoms with van der Waals surface area (Å²) in [5.74, 6) is 0.910. The minimum Gasteiger partial charge on any atom is -0.299 e. The lowest BCUT2D eigenvalue weighted by atomic mass is 10.1. The average molecular weight is 268 g/mol. The molecule has 1 saturated heterocycles. The van der Waals surface area contributed by atoms with Crippen molar-refractivity contribution in [2.45, 2.75) is 19.4 Å². The Labute approximate surface area is 101 Å². The lowest BCUT2D eigenvalue weighted by Gasteiger charge is -2.15. The number of halogens is 1. The molecule has 82 valence electrons. The van der Waals surface area contributed by atoms with Crippen molar-refractivity contribution >= 4 is 15.9 Å². The highest BCUT2D eigenvalue weighted by atomic mass is 79.9. The van der Waals surface area contributed by atoms with Crippen molar-refractivity contribution in [3.63, 3.8) is 0 Å². The van der Waals surface area contributed by atoms with Crippen LogP contribution in [0, 0.1) is 5.92 Å². The zero-order chi connectivity index (χ0) is 10.5. The third-order valence-corrected chi connectivity index (χ3v) is 3.59. The van der Waals surface area contributed by atoms with Gasteiger partial charge in [0, 0.05) is 18.4 Å². The van der Waals surface area contributed by atoms with Crippen LogP contribution < -0.4 is 0 Å². The molecule has 1 nitrogen and oxygen atoms in total. The molecule has 0 aromatic heterocycles. The fourth-order valence-corrected chi connectivity index (χ4v) is 2.94. The first-order valence-corrected chi connectivity index (χ1v) is 6.83. The van der Waals surface area contributed by atoms with Crippen LogP contribution in [0.15, 0.2) is 30.3 Å². The second-order valence-corrected chi connectivity index (χ2v) is 5.15. The number of rotatable bonds is 4. The van der Waals surface area contributed by atoms with Crippen molar-refractivity contribution in [3.05, 3.63) is 35.9 Å². The van der Waals surface area contributed by atoms with Crippen LogP contribution in [0.25, 0.3) is 0 Å². The third kappa shape index (κ3) is 3.32. The normalized spacial score (nSPS) is 22.1. The summed E-state index contributed by atoms with van der Waals surface area (Å²) in [4.78, 5) is 2.57. The van der Waals surface area contributed by atoms with E-state index in [0.29, 0.717) is 0 Å². The molecule has 0 saturated carbocycles. The van der Waals surface area contributed by atoms with Crippen molar-refractivity contribution < 1.29 is 0 Å². The molecule has 0 aliphatic carbocycles. The maximum absolute atomic E-state index is 3.53. The summed E-state index contributed by atoms with van der Waals surface area (Å²) in [6, 6.07) is 10.8. The van der Waals surface area contributed by atoms with Gasteiger partial charge >= 0.3 is 0 Å². The molecular formula is C13H18BrN. The SMILES string of the molecule is BrCCC1CCN(Cc2ccccc2)C1. The zero-order valence-electron chi connectivity index (χ0n) is 9.03. The van der Waals surface area contributed by atoms with Crippen LogP contribution >= 0.6 is 15.9 Å². The van der Waals surface area contributed by atoms with E-state index in [-0.39, 0.29) is 0 Å². The molecule has 0 amide bonds. The summed E-state index contributed by atoms with van der Waals surface area (Å²) in [6.45, 7) is 3.67. The van der Waals surface area contributed by atoms with Crippen molar-refractivity contribution in [3.8, 4) is 0 Å². The van der Waals surface area contributed by atoms with E-state index in [1.165, 1.54) is 31.5 Å². The topological polar surface area (TPSA) is 3.24 Å². The Kier molecular flexibility index (Phi) is 4.21. The Hall–Kier alpha value is -0.340. The average Bonchev–Trinajstić information content (AvgIpc) is 2.68. The standard InChI is InChI=1S/C13H18BrN/c14-8-6-13-7-9-15(11-13)10-12-4-2-1-3-5-12/h1-5,13H,6-11H2. The van der Waals surface area contributed by atoms with E-state index in [9.17, 15) is 0 Å². The van der Waals surface area contributed by atoms with Crippen molar-refractivity contribution in [2.24, 2.45) is 5.92 Å². The molecule has 1 heterocycles. The Morgan fingerprint density at radius 2 is 2.07 bits per heavy atom. The van der Waals surface area contributed by atoms with Gasteiger partial charge in [0.1, 0.15) is 0 Å². The van der Waals surface area contributed by atoms with Gasteiger partial charge in [0.05, 0.1) is 0 Å². The van der Waals surface area contributed by atoms with Gasteiger partial charge in [0.15, 0.2) is 0 Å². The van der Waals surface area contributed by atoms with Crippen LogP contribution in [0.5, 0.6) is 0 Å². The van der Waals surface area contributed by atoms with Crippen LogP contribution in [0.2, 0.25) is 0 Å². The Bertz CT molecular complexity index is 286. The second-order valence-electron chi connectivity index (χ2n) is 4.35. The summed E-state index contributed by atoms with van der Waals surface area (Å²) in [6.07, 6.45) is 2.70. The number of nitrogens with zero attached hydrogens (tertiary/aromatic N) is 1. The maximum Gasteiger partial charge on any atom is 0.0233 e. The van der Waals surface area contributed by atoms with Gasteiger partial charge in [-0.15, -0.1) is 0 Å². The zero-order valence-corrected chi connectivity index (χ0v) is 10.6. The van der Waals surface area contributed by atoms with Crippen LogP contribution in [0.4, 0.5) is 0 Å². The molecule has 1 aliphatic heterocycles. The highest BCUT2D eigenvalue weighted by Gasteiger charge is 2.21. The van der Waals surface area contributed by atoms with Crippen molar-refractivity contribution in [1.29, 1.82) is 0 Å². The fourth-order valence-electron chi connectivity index (χ4n) is 2.29. The van der Waals surface area contributed by atoms with E-state index in [4.69, 9.17) is 0 Å². The third-order valence-electron chi connectivity index (χ3n) is 3.14. The maximum atomic E-state index is 3.53. The minimum atomic E-state index is 0.910. The molecule has 0 spiro atoms. The molecule has 1 fully saturated rings. The first kappa shape index (κ1) is 11.2. The summed E-state index contributed by atoms with van der Waals surface area (Å²) >= 11 is 3.53. The van der Waals surface area contributed by atoms with E-state index in [1.807, 2.05) is 0 Å². The summed E-state index contributed by atoms with van der Waals surface area (Å²) in [5, 5.41) is 1.15. The molecule has 15 heavy (non-hydrogen) atoms. The van der Waals surface area contributed by atoms with E-state index < -0.39 is 0 Å². The highest BCUT2D eigenvalue weighted by molar-refractivity contribution is 9.09. The first-order chi connectivity index (χ1) is 7.38. The molecule has 0 bridgehead atoms. The van der Waals surface area contributed by atoms with Gasteiger partial charge in [-0.2, -0.15) is 0 Å². The smallest absolute Gasteiger partial charge is 0.0233 e. The molecule has 1 unspecified atom stereocenters. The van der Waals surface area contributed by atoms with Crippen molar-refractivity contribution in [1.82, 2.24) is 4.90 Å². The first-order valence-electron chi connectivity index (χ1n) is 5.70. The van der Waals surface area contributed by atoms with Gasteiger partial charge in [0.2, 0.25) is 0 Å². The van der Waals surface area contributed by atoms with Gasteiger partial charge in [-0.25, -0.2) is 0 Å². The Morgan fingerprint density at radius 3 is 2.80 bits per heavy atom. The van der Waals surface area contributed by atoms with E-state index >= 15 is 0 Å². The quantitative estimate of drug-likeness (QED) is 0.757. The van der Waals surface area contributed by atoms with Gasteiger partial charge in [-0.1, -0.05) is 46.3 Å². The second kappa shape index (κ2) is 5.66. The fraction of sp³-hybridized carbons (Fsp3) is 0.538. The summed E-state index contributed by atoms with van der Waals surface area (Å²) in [7, 11) is 0. The van der Waals surface area contributed by atoms with Crippen LogP contribution in [0.1, 0.15) is 18.4 Å². The van der Waals surface area contributed by atoms with Gasteiger partial charge in [-0.05, 0) is 30.9 Å². The number of hydrogen-bond acceptors (Lipinski definition) is 1. The summed E-state index contributed by atoms with van der Waals surface area (Å²) in [5.41, 5.74) is 1.44. The molecular weight excluding hydrogens is 250 g/mol. The number of likely N-dealkylation sites (tertiary alicyclic amines) is 1. The number of benzene rings is 1. The molecule has 2 rings (SSSR count). The highest BCUT2D eigenvalue weighted by Crippen LogP contribution is 2.21. The van der Waals surface area contributed by atoms with E-state index in [0.717, 1.165) is 17.8 Å². The molecule has 0 radical (unpaired) electrons. The van der Waals surface area contributed by atoms with Crippen LogP contribution in [0.3, 0.4) is 0 Å². The van der Waals surface area contributed by atoms with Crippen LogP contribution in [-0.2, 0) is 6.54 Å². The lowest BCUT2D eigenvalue weighted by Crippen LogP contribution is -2.20. The molecule has 1 aromatic carbocycles. The Morgan fingerprint density at radius 1 is 1.27 bits per heavy atom. The molecule has 1 aromatic rings. The van der Waals surface area contributed by atoms with Gasteiger partial charge < -0.3 is 0 Å². The molecule has 2 heteroatoms. The number of hydrogen-bond donors (Lipinski definition) is 0. The monoisotopic (exact) mass is 267 g/mol. The summed E-state index contributed by atoms with van der Waals surface area (Å²) < 4.78 is 0. The molecule has 1 atom stereocenters. The van der Waals surface area contributed by atoms with Crippen molar-refractivity contribution in [2.75, 3.05) is 18.4 Å². The predicted octanol–water partition coefficient (Wildman–Crippen LogP) is 3.29. The largest absolute Gasteiger partial charge is 0.299 e. The van der Waals surface area contributed by atoms with Crippen LogP contribution in [-0.4, -0.2) is 23.3 Å². The van der Waals surface area contributed by atoms with Gasteiger partial charge in [0.25, 0.3) is 0 Å². The number of alkyl halides is 1. The van der Waals surface area contributed by atoms with E-state index in [1.54, 1.807) is 0 Å². The molecule has 0 N–H and O–H groups in total. The Balaban J connectivity index is 1.82. The minimum absolute atomic E-state index is 0.910. The lowest BCUT2D eigenvalue weighted by molar-refractivity contribution is 0.315.